The maximum Gasteiger partial charge on any atom is 0.253 e. The maximum atomic E-state index is 13.5. The van der Waals surface area contributed by atoms with Crippen LogP contribution in [-0.4, -0.2) is 56.8 Å². The number of benzene rings is 2. The zero-order valence-corrected chi connectivity index (χ0v) is 17.2. The van der Waals surface area contributed by atoms with E-state index in [0.717, 1.165) is 0 Å². The van der Waals surface area contributed by atoms with Crippen LogP contribution in [0.25, 0.3) is 0 Å². The standard InChI is InChI=1S/C20H25FN2O4S/c1-15(2)23(4)28(25,26)17-11-9-16(10-12-17)20(24)22(3)13-14-27-19-8-6-5-7-18(19)21/h5-12,15H,13-14H2,1-4H3. The molecule has 6 nitrogen and oxygen atoms in total. The predicted molar refractivity (Wildman–Crippen MR) is 105 cm³/mol. The van der Waals surface area contributed by atoms with Crippen molar-refractivity contribution in [3.05, 3.63) is 59.9 Å². The number of hydrogen-bond acceptors (Lipinski definition) is 4. The fraction of sp³-hybridized carbons (Fsp3) is 0.350. The van der Waals surface area contributed by atoms with E-state index in [9.17, 15) is 17.6 Å². The fourth-order valence-corrected chi connectivity index (χ4v) is 3.76. The number of hydrogen-bond donors (Lipinski definition) is 0. The molecule has 0 fully saturated rings. The highest BCUT2D eigenvalue weighted by Gasteiger charge is 2.23. The van der Waals surface area contributed by atoms with Crippen molar-refractivity contribution in [2.45, 2.75) is 24.8 Å². The molecule has 0 bridgehead atoms. The van der Waals surface area contributed by atoms with E-state index < -0.39 is 15.8 Å². The van der Waals surface area contributed by atoms with Gasteiger partial charge in [-0.2, -0.15) is 4.31 Å². The SMILES string of the molecule is CC(C)N(C)S(=O)(=O)c1ccc(C(=O)N(C)CCOc2ccccc2F)cc1. The first kappa shape index (κ1) is 21.8. The molecule has 0 aliphatic carbocycles. The van der Waals surface area contributed by atoms with Crippen LogP contribution in [-0.2, 0) is 10.0 Å². The van der Waals surface area contributed by atoms with Crippen molar-refractivity contribution in [3.8, 4) is 5.75 Å². The molecule has 0 spiro atoms. The van der Waals surface area contributed by atoms with Crippen molar-refractivity contribution in [2.24, 2.45) is 0 Å². The van der Waals surface area contributed by atoms with Crippen molar-refractivity contribution in [1.82, 2.24) is 9.21 Å². The van der Waals surface area contributed by atoms with E-state index in [2.05, 4.69) is 0 Å². The van der Waals surface area contributed by atoms with Crippen LogP contribution in [0.5, 0.6) is 5.75 Å². The van der Waals surface area contributed by atoms with E-state index in [0.29, 0.717) is 5.56 Å². The quantitative estimate of drug-likeness (QED) is 0.674. The molecule has 28 heavy (non-hydrogen) atoms. The van der Waals surface area contributed by atoms with Crippen LogP contribution in [0.2, 0.25) is 0 Å². The highest BCUT2D eigenvalue weighted by Crippen LogP contribution is 2.18. The molecular formula is C20H25FN2O4S. The first-order chi connectivity index (χ1) is 13.1. The molecule has 0 N–H and O–H groups in total. The predicted octanol–water partition coefficient (Wildman–Crippen LogP) is 3.01. The van der Waals surface area contributed by atoms with Gasteiger partial charge in [0.2, 0.25) is 10.0 Å². The van der Waals surface area contributed by atoms with Gasteiger partial charge >= 0.3 is 0 Å². The minimum atomic E-state index is -3.60. The lowest BCUT2D eigenvalue weighted by Crippen LogP contribution is -2.33. The summed E-state index contributed by atoms with van der Waals surface area (Å²) in [6.07, 6.45) is 0. The van der Waals surface area contributed by atoms with Crippen LogP contribution in [0.15, 0.2) is 53.4 Å². The van der Waals surface area contributed by atoms with E-state index in [1.54, 1.807) is 33.0 Å². The van der Waals surface area contributed by atoms with Crippen molar-refractivity contribution in [1.29, 1.82) is 0 Å². The van der Waals surface area contributed by atoms with Crippen molar-refractivity contribution >= 4 is 15.9 Å². The third kappa shape index (κ3) is 5.08. The van der Waals surface area contributed by atoms with E-state index in [1.807, 2.05) is 0 Å². The number of nitrogens with zero attached hydrogens (tertiary/aromatic N) is 2. The Balaban J connectivity index is 1.99. The molecular weight excluding hydrogens is 383 g/mol. The van der Waals surface area contributed by atoms with Gasteiger partial charge in [0.05, 0.1) is 11.4 Å². The van der Waals surface area contributed by atoms with Gasteiger partial charge in [-0.1, -0.05) is 12.1 Å². The fourth-order valence-electron chi connectivity index (χ4n) is 2.39. The molecule has 0 aromatic heterocycles. The number of carbonyl (C=O) groups is 1. The van der Waals surface area contributed by atoms with E-state index in [-0.39, 0.29) is 35.7 Å². The Hall–Kier alpha value is -2.45. The molecule has 2 aromatic rings. The molecule has 2 aromatic carbocycles. The number of carbonyl (C=O) groups excluding carboxylic acids is 1. The number of ether oxygens (including phenoxy) is 1. The molecule has 0 saturated carbocycles. The zero-order valence-electron chi connectivity index (χ0n) is 16.4. The Morgan fingerprint density at radius 2 is 1.68 bits per heavy atom. The number of likely N-dealkylation sites (N-methyl/N-ethyl adjacent to an activating group) is 1. The Morgan fingerprint density at radius 3 is 2.25 bits per heavy atom. The zero-order chi connectivity index (χ0) is 20.9. The van der Waals surface area contributed by atoms with Gasteiger partial charge in [0.25, 0.3) is 5.91 Å². The van der Waals surface area contributed by atoms with Gasteiger partial charge in [-0.3, -0.25) is 4.79 Å². The largest absolute Gasteiger partial charge is 0.489 e. The summed E-state index contributed by atoms with van der Waals surface area (Å²) in [6.45, 7) is 3.96. The molecule has 0 heterocycles. The second-order valence-corrected chi connectivity index (χ2v) is 8.64. The summed E-state index contributed by atoms with van der Waals surface area (Å²) in [7, 11) is -0.479. The van der Waals surface area contributed by atoms with Crippen LogP contribution in [0.4, 0.5) is 4.39 Å². The first-order valence-corrected chi connectivity index (χ1v) is 10.3. The van der Waals surface area contributed by atoms with E-state index in [1.165, 1.54) is 52.7 Å². The summed E-state index contributed by atoms with van der Waals surface area (Å²) >= 11 is 0. The van der Waals surface area contributed by atoms with Crippen molar-refractivity contribution in [2.75, 3.05) is 27.2 Å². The lowest BCUT2D eigenvalue weighted by Gasteiger charge is -2.21. The molecule has 0 unspecified atom stereocenters. The smallest absolute Gasteiger partial charge is 0.253 e. The lowest BCUT2D eigenvalue weighted by atomic mass is 10.2. The average molecular weight is 408 g/mol. The summed E-state index contributed by atoms with van der Waals surface area (Å²) in [5.41, 5.74) is 0.361. The Morgan fingerprint density at radius 1 is 1.07 bits per heavy atom. The molecule has 0 aliphatic heterocycles. The molecule has 0 saturated heterocycles. The normalized spacial score (nSPS) is 11.7. The summed E-state index contributed by atoms with van der Waals surface area (Å²) in [5, 5.41) is 0. The molecule has 0 aliphatic rings. The van der Waals surface area contributed by atoms with Crippen LogP contribution in [0.3, 0.4) is 0 Å². The van der Waals surface area contributed by atoms with Gasteiger partial charge in [-0.25, -0.2) is 12.8 Å². The van der Waals surface area contributed by atoms with E-state index in [4.69, 9.17) is 4.74 Å². The summed E-state index contributed by atoms with van der Waals surface area (Å²) in [5.74, 6) is -0.606. The number of rotatable bonds is 8. The van der Waals surface area contributed by atoms with Gasteiger partial charge in [-0.15, -0.1) is 0 Å². The Bertz CT molecular complexity index is 914. The number of sulfonamides is 1. The van der Waals surface area contributed by atoms with Crippen LogP contribution in [0.1, 0.15) is 24.2 Å². The maximum absolute atomic E-state index is 13.5. The molecule has 152 valence electrons. The Labute approximate surface area is 165 Å². The molecule has 1 amide bonds. The second-order valence-electron chi connectivity index (χ2n) is 6.64. The number of amides is 1. The third-order valence-corrected chi connectivity index (χ3v) is 6.42. The van der Waals surface area contributed by atoms with Gasteiger partial charge in [0.1, 0.15) is 6.61 Å². The third-order valence-electron chi connectivity index (χ3n) is 4.37. The molecule has 8 heteroatoms. The van der Waals surface area contributed by atoms with Crippen LogP contribution in [0, 0.1) is 5.82 Å². The first-order valence-electron chi connectivity index (χ1n) is 8.85. The number of halogens is 1. The minimum absolute atomic E-state index is 0.130. The molecule has 2 rings (SSSR count). The topological polar surface area (TPSA) is 66.9 Å². The average Bonchev–Trinajstić information content (AvgIpc) is 2.68. The Kier molecular flexibility index (Phi) is 7.15. The summed E-state index contributed by atoms with van der Waals surface area (Å²) in [4.78, 5) is 14.1. The van der Waals surface area contributed by atoms with Gasteiger partial charge in [0, 0.05) is 25.7 Å². The van der Waals surface area contributed by atoms with E-state index >= 15 is 0 Å². The van der Waals surface area contributed by atoms with Crippen LogP contribution >= 0.6 is 0 Å². The van der Waals surface area contributed by atoms with Gasteiger partial charge < -0.3 is 9.64 Å². The monoisotopic (exact) mass is 408 g/mol. The summed E-state index contributed by atoms with van der Waals surface area (Å²) in [6, 6.07) is 11.7. The highest BCUT2D eigenvalue weighted by molar-refractivity contribution is 7.89. The highest BCUT2D eigenvalue weighted by atomic mass is 32.2. The number of para-hydroxylation sites is 1. The minimum Gasteiger partial charge on any atom is -0.489 e. The second kappa shape index (κ2) is 9.16. The van der Waals surface area contributed by atoms with Crippen molar-refractivity contribution < 1.29 is 22.3 Å². The molecule has 0 radical (unpaired) electrons. The molecule has 0 atom stereocenters. The lowest BCUT2D eigenvalue weighted by molar-refractivity contribution is 0.0773. The van der Waals surface area contributed by atoms with Gasteiger partial charge in [0.15, 0.2) is 11.6 Å². The summed E-state index contributed by atoms with van der Waals surface area (Å²) < 4.78 is 45.1. The van der Waals surface area contributed by atoms with Crippen LogP contribution < -0.4 is 4.74 Å². The van der Waals surface area contributed by atoms with Gasteiger partial charge in [-0.05, 0) is 50.2 Å². The van der Waals surface area contributed by atoms with Crippen molar-refractivity contribution in [3.63, 3.8) is 0 Å².